The van der Waals surface area contributed by atoms with Crippen LogP contribution in [0.1, 0.15) is 26.7 Å². The summed E-state index contributed by atoms with van der Waals surface area (Å²) >= 11 is 0. The van der Waals surface area contributed by atoms with Crippen LogP contribution in [0.3, 0.4) is 0 Å². The summed E-state index contributed by atoms with van der Waals surface area (Å²) in [6, 6.07) is 6.63. The number of carbonyl (C=O) groups excluding carboxylic acids is 1. The van der Waals surface area contributed by atoms with Crippen molar-refractivity contribution >= 4 is 11.5 Å². The Kier molecular flexibility index (Phi) is 2.70. The van der Waals surface area contributed by atoms with Crippen LogP contribution in [0.25, 0.3) is 0 Å². The van der Waals surface area contributed by atoms with Crippen molar-refractivity contribution in [1.82, 2.24) is 0 Å². The minimum absolute atomic E-state index is 0.182. The molecule has 0 aromatic heterocycles. The van der Waals surface area contributed by atoms with E-state index in [1.165, 1.54) is 6.07 Å². The van der Waals surface area contributed by atoms with Gasteiger partial charge in [-0.1, -0.05) is 12.1 Å². The average molecular weight is 221 g/mol. The third-order valence-electron chi connectivity index (χ3n) is 3.29. The van der Waals surface area contributed by atoms with E-state index < -0.39 is 5.54 Å². The first-order chi connectivity index (χ1) is 7.53. The number of para-hydroxylation sites is 1. The fraction of sp³-hybridized carbons (Fsp3) is 0.462. The number of Topliss-reactive ketones (excluding diaryl/α,β-unsaturated/α-hetero) is 1. The predicted molar refractivity (Wildman–Crippen MR) is 62.1 cm³/mol. The molecule has 1 saturated heterocycles. The molecule has 2 nitrogen and oxygen atoms in total. The summed E-state index contributed by atoms with van der Waals surface area (Å²) in [5.74, 6) is -0.0766. The van der Waals surface area contributed by atoms with Crippen molar-refractivity contribution in [2.75, 3.05) is 11.4 Å². The van der Waals surface area contributed by atoms with Crippen LogP contribution in [0.5, 0.6) is 0 Å². The van der Waals surface area contributed by atoms with Crippen LogP contribution in [0.2, 0.25) is 0 Å². The number of anilines is 1. The molecule has 1 aromatic rings. The van der Waals surface area contributed by atoms with Crippen molar-refractivity contribution in [3.63, 3.8) is 0 Å². The maximum absolute atomic E-state index is 13.7. The number of ketones is 1. The first-order valence-corrected chi connectivity index (χ1v) is 5.59. The molecule has 0 bridgehead atoms. The lowest BCUT2D eigenvalue weighted by atomic mass is 9.88. The highest BCUT2D eigenvalue weighted by Gasteiger charge is 2.38. The van der Waals surface area contributed by atoms with E-state index in [0.717, 1.165) is 13.0 Å². The minimum atomic E-state index is -0.597. The largest absolute Gasteiger partial charge is 0.357 e. The second-order valence-electron chi connectivity index (χ2n) is 4.69. The van der Waals surface area contributed by atoms with Gasteiger partial charge < -0.3 is 4.90 Å². The van der Waals surface area contributed by atoms with E-state index in [1.807, 2.05) is 18.7 Å². The highest BCUT2D eigenvalue weighted by molar-refractivity contribution is 5.92. The minimum Gasteiger partial charge on any atom is -0.357 e. The third kappa shape index (κ3) is 1.70. The van der Waals surface area contributed by atoms with Crippen LogP contribution >= 0.6 is 0 Å². The summed E-state index contributed by atoms with van der Waals surface area (Å²) < 4.78 is 13.7. The maximum atomic E-state index is 13.7. The summed E-state index contributed by atoms with van der Waals surface area (Å²) in [7, 11) is 0. The lowest BCUT2D eigenvalue weighted by molar-refractivity contribution is -0.124. The number of benzene rings is 1. The molecule has 3 heteroatoms. The Morgan fingerprint density at radius 3 is 2.69 bits per heavy atom. The van der Waals surface area contributed by atoms with E-state index in [1.54, 1.807) is 18.2 Å². The summed E-state index contributed by atoms with van der Waals surface area (Å²) in [6.07, 6.45) is 1.40. The molecule has 0 spiro atoms. The maximum Gasteiger partial charge on any atom is 0.157 e. The van der Waals surface area contributed by atoms with Crippen molar-refractivity contribution in [3.8, 4) is 0 Å². The van der Waals surface area contributed by atoms with E-state index in [0.29, 0.717) is 12.1 Å². The monoisotopic (exact) mass is 221 g/mol. The van der Waals surface area contributed by atoms with Crippen LogP contribution in [0.4, 0.5) is 10.1 Å². The summed E-state index contributed by atoms with van der Waals surface area (Å²) in [5, 5.41) is 0. The Bertz CT molecular complexity index is 414. The van der Waals surface area contributed by atoms with Crippen molar-refractivity contribution in [3.05, 3.63) is 30.1 Å². The Balaban J connectivity index is 2.40. The molecule has 1 aliphatic heterocycles. The summed E-state index contributed by atoms with van der Waals surface area (Å²) in [6.45, 7) is 4.46. The van der Waals surface area contributed by atoms with Gasteiger partial charge in [0.25, 0.3) is 0 Å². The summed E-state index contributed by atoms with van der Waals surface area (Å²) in [5.41, 5.74) is -0.0685. The number of hydrogen-bond donors (Lipinski definition) is 0. The van der Waals surface area contributed by atoms with Crippen LogP contribution in [-0.2, 0) is 4.79 Å². The zero-order chi connectivity index (χ0) is 11.8. The molecule has 86 valence electrons. The molecule has 0 unspecified atom stereocenters. The van der Waals surface area contributed by atoms with Gasteiger partial charge in [-0.25, -0.2) is 4.39 Å². The molecule has 1 fully saturated rings. The lowest BCUT2D eigenvalue weighted by Crippen LogP contribution is -2.54. The Morgan fingerprint density at radius 2 is 2.00 bits per heavy atom. The van der Waals surface area contributed by atoms with E-state index in [9.17, 15) is 9.18 Å². The normalized spacial score (nSPS) is 19.9. The van der Waals surface area contributed by atoms with Crippen LogP contribution in [0.15, 0.2) is 24.3 Å². The fourth-order valence-corrected chi connectivity index (χ4v) is 2.23. The van der Waals surface area contributed by atoms with Gasteiger partial charge in [-0.05, 0) is 32.4 Å². The van der Waals surface area contributed by atoms with Crippen molar-refractivity contribution in [2.45, 2.75) is 32.2 Å². The van der Waals surface area contributed by atoms with Gasteiger partial charge in [0.1, 0.15) is 5.82 Å². The number of carbonyl (C=O) groups is 1. The van der Waals surface area contributed by atoms with Gasteiger partial charge in [0.05, 0.1) is 11.2 Å². The van der Waals surface area contributed by atoms with Gasteiger partial charge in [0.2, 0.25) is 0 Å². The smallest absolute Gasteiger partial charge is 0.157 e. The molecule has 1 heterocycles. The van der Waals surface area contributed by atoms with Crippen molar-refractivity contribution in [2.24, 2.45) is 0 Å². The molecule has 0 aliphatic carbocycles. The molecule has 0 saturated carbocycles. The molecule has 1 aliphatic rings. The van der Waals surface area contributed by atoms with Crippen molar-refractivity contribution in [1.29, 1.82) is 0 Å². The highest BCUT2D eigenvalue weighted by atomic mass is 19.1. The zero-order valence-corrected chi connectivity index (χ0v) is 9.66. The number of piperidine rings is 1. The molecule has 0 atom stereocenters. The SMILES string of the molecule is CC1(C)C(=O)CCCN1c1ccccc1F. The number of nitrogens with zero attached hydrogens (tertiary/aromatic N) is 1. The zero-order valence-electron chi connectivity index (χ0n) is 9.66. The van der Waals surface area contributed by atoms with E-state index in [4.69, 9.17) is 0 Å². The first kappa shape index (κ1) is 11.1. The van der Waals surface area contributed by atoms with E-state index in [2.05, 4.69) is 0 Å². The predicted octanol–water partition coefficient (Wildman–Crippen LogP) is 2.77. The van der Waals surface area contributed by atoms with E-state index >= 15 is 0 Å². The van der Waals surface area contributed by atoms with Gasteiger partial charge in [-0.2, -0.15) is 0 Å². The fourth-order valence-electron chi connectivity index (χ4n) is 2.23. The Labute approximate surface area is 95.1 Å². The average Bonchev–Trinajstić information content (AvgIpc) is 2.24. The van der Waals surface area contributed by atoms with Gasteiger partial charge in [-0.3, -0.25) is 4.79 Å². The Morgan fingerprint density at radius 1 is 1.31 bits per heavy atom. The third-order valence-corrected chi connectivity index (χ3v) is 3.29. The first-order valence-electron chi connectivity index (χ1n) is 5.59. The molecule has 16 heavy (non-hydrogen) atoms. The number of rotatable bonds is 1. The molecule has 1 aromatic carbocycles. The molecule has 0 radical (unpaired) electrons. The van der Waals surface area contributed by atoms with E-state index in [-0.39, 0.29) is 11.6 Å². The molecular weight excluding hydrogens is 205 g/mol. The van der Waals surface area contributed by atoms with Crippen LogP contribution in [-0.4, -0.2) is 17.9 Å². The second-order valence-corrected chi connectivity index (χ2v) is 4.69. The van der Waals surface area contributed by atoms with Gasteiger partial charge in [0, 0.05) is 13.0 Å². The molecular formula is C13H16FNO. The van der Waals surface area contributed by atoms with Crippen LogP contribution < -0.4 is 4.90 Å². The van der Waals surface area contributed by atoms with Gasteiger partial charge in [-0.15, -0.1) is 0 Å². The topological polar surface area (TPSA) is 20.3 Å². The van der Waals surface area contributed by atoms with Gasteiger partial charge >= 0.3 is 0 Å². The quantitative estimate of drug-likeness (QED) is 0.726. The lowest BCUT2D eigenvalue weighted by Gasteiger charge is -2.42. The molecule has 0 N–H and O–H groups in total. The second kappa shape index (κ2) is 3.89. The number of halogens is 1. The Hall–Kier alpha value is -1.38. The molecule has 2 rings (SSSR count). The van der Waals surface area contributed by atoms with Crippen molar-refractivity contribution < 1.29 is 9.18 Å². The molecule has 0 amide bonds. The van der Waals surface area contributed by atoms with Crippen LogP contribution in [0, 0.1) is 5.82 Å². The highest BCUT2D eigenvalue weighted by Crippen LogP contribution is 2.31. The standard InChI is InChI=1S/C13H16FNO/c1-13(2)12(16)8-5-9-15(13)11-7-4-3-6-10(11)14/h3-4,6-7H,5,8-9H2,1-2H3. The number of hydrogen-bond acceptors (Lipinski definition) is 2. The summed E-state index contributed by atoms with van der Waals surface area (Å²) in [4.78, 5) is 13.7. The van der Waals surface area contributed by atoms with Gasteiger partial charge in [0.15, 0.2) is 5.78 Å².